The molecule has 0 fully saturated rings. The van der Waals surface area contributed by atoms with Crippen molar-refractivity contribution in [2.24, 2.45) is 11.7 Å². The van der Waals surface area contributed by atoms with Crippen LogP contribution in [0.1, 0.15) is 11.1 Å². The minimum atomic E-state index is -4.48. The number of halogens is 3. The smallest absolute Gasteiger partial charge is 0.387 e. The van der Waals surface area contributed by atoms with Crippen molar-refractivity contribution >= 4 is 5.84 Å². The summed E-state index contributed by atoms with van der Waals surface area (Å²) in [6.07, 6.45) is -4.48. The molecule has 0 heterocycles. The molecule has 1 atom stereocenters. The number of alkyl halides is 3. The Balaban J connectivity index is 2.65. The monoisotopic (exact) mass is 273 g/mol. The largest absolute Gasteiger partial charge is 0.399 e. The van der Waals surface area contributed by atoms with E-state index in [2.05, 4.69) is 0 Å². The first kappa shape index (κ1) is 15.5. The maximum absolute atomic E-state index is 12.7. The zero-order valence-corrected chi connectivity index (χ0v) is 11.0. The highest BCUT2D eigenvalue weighted by Gasteiger charge is 2.42. The number of benzene rings is 1. The predicted molar refractivity (Wildman–Crippen MR) is 69.0 cm³/mol. The number of hydrogen-bond acceptors (Lipinski definition) is 2. The second kappa shape index (κ2) is 6.06. The third kappa shape index (κ3) is 4.90. The first-order valence-electron chi connectivity index (χ1n) is 5.85. The van der Waals surface area contributed by atoms with Crippen LogP contribution in [0.4, 0.5) is 13.2 Å². The van der Waals surface area contributed by atoms with E-state index in [1.165, 1.54) is 4.90 Å². The highest BCUT2D eigenvalue weighted by Crippen LogP contribution is 2.27. The van der Waals surface area contributed by atoms with Gasteiger partial charge in [-0.05, 0) is 19.5 Å². The van der Waals surface area contributed by atoms with Crippen molar-refractivity contribution in [2.75, 3.05) is 13.6 Å². The number of amidine groups is 1. The molecule has 0 saturated heterocycles. The van der Waals surface area contributed by atoms with Crippen molar-refractivity contribution in [3.05, 3.63) is 35.4 Å². The molecule has 6 heteroatoms. The average Bonchev–Trinajstić information content (AvgIpc) is 2.27. The van der Waals surface area contributed by atoms with E-state index in [1.54, 1.807) is 7.05 Å². The van der Waals surface area contributed by atoms with E-state index in [-0.39, 0.29) is 6.54 Å². The Bertz CT molecular complexity index is 426. The number of nitrogens with zero attached hydrogens (tertiary/aromatic N) is 1. The maximum Gasteiger partial charge on any atom is 0.399 e. The third-order valence-corrected chi connectivity index (χ3v) is 2.84. The lowest BCUT2D eigenvalue weighted by Crippen LogP contribution is -2.42. The van der Waals surface area contributed by atoms with Gasteiger partial charge in [-0.3, -0.25) is 5.41 Å². The molecule has 1 rings (SSSR count). The van der Waals surface area contributed by atoms with Crippen LogP contribution in [-0.4, -0.2) is 30.5 Å². The molecule has 0 saturated carbocycles. The minimum Gasteiger partial charge on any atom is -0.387 e. The van der Waals surface area contributed by atoms with Crippen LogP contribution < -0.4 is 5.73 Å². The molecular weight excluding hydrogens is 255 g/mol. The maximum atomic E-state index is 12.7. The molecule has 0 radical (unpaired) electrons. The quantitative estimate of drug-likeness (QED) is 0.640. The number of hydrogen-bond donors (Lipinski definition) is 2. The van der Waals surface area contributed by atoms with Gasteiger partial charge in [0.1, 0.15) is 11.8 Å². The molecule has 0 amide bonds. The molecule has 0 aromatic heterocycles. The van der Waals surface area contributed by atoms with Crippen LogP contribution in [0.25, 0.3) is 0 Å². The molecular formula is C13H18F3N3. The van der Waals surface area contributed by atoms with Gasteiger partial charge in [0.2, 0.25) is 0 Å². The molecule has 0 bridgehead atoms. The summed E-state index contributed by atoms with van der Waals surface area (Å²) in [5, 5.41) is 7.04. The number of nitrogens with one attached hydrogen (secondary N) is 1. The summed E-state index contributed by atoms with van der Waals surface area (Å²) in [6.45, 7) is 2.02. The van der Waals surface area contributed by atoms with E-state index in [0.717, 1.165) is 11.1 Å². The van der Waals surface area contributed by atoms with Crippen molar-refractivity contribution in [1.29, 1.82) is 5.41 Å². The van der Waals surface area contributed by atoms with Gasteiger partial charge in [0.15, 0.2) is 0 Å². The number of rotatable bonds is 5. The van der Waals surface area contributed by atoms with Gasteiger partial charge < -0.3 is 10.6 Å². The van der Waals surface area contributed by atoms with Crippen LogP contribution >= 0.6 is 0 Å². The van der Waals surface area contributed by atoms with E-state index in [0.29, 0.717) is 6.54 Å². The Morgan fingerprint density at radius 2 is 1.84 bits per heavy atom. The van der Waals surface area contributed by atoms with Crippen LogP contribution in [0.15, 0.2) is 24.3 Å². The highest BCUT2D eigenvalue weighted by molar-refractivity contribution is 5.80. The summed E-state index contributed by atoms with van der Waals surface area (Å²) in [6, 6.07) is 7.58. The predicted octanol–water partition coefficient (Wildman–Crippen LogP) is 2.54. The summed E-state index contributed by atoms with van der Waals surface area (Å²) in [7, 11) is 1.58. The summed E-state index contributed by atoms with van der Waals surface area (Å²) >= 11 is 0. The average molecular weight is 273 g/mol. The van der Waals surface area contributed by atoms with E-state index < -0.39 is 17.9 Å². The Labute approximate surface area is 110 Å². The van der Waals surface area contributed by atoms with Crippen LogP contribution in [0.5, 0.6) is 0 Å². The van der Waals surface area contributed by atoms with Crippen molar-refractivity contribution < 1.29 is 13.2 Å². The molecule has 1 aromatic carbocycles. The molecule has 0 aliphatic carbocycles. The zero-order chi connectivity index (χ0) is 14.6. The number of aryl methyl sites for hydroxylation is 1. The fourth-order valence-corrected chi connectivity index (χ4v) is 1.76. The molecule has 0 aliphatic rings. The summed E-state index contributed by atoms with van der Waals surface area (Å²) in [5.74, 6) is -2.76. The lowest BCUT2D eigenvalue weighted by molar-refractivity contribution is -0.159. The molecule has 1 unspecified atom stereocenters. The van der Waals surface area contributed by atoms with Gasteiger partial charge in [0.25, 0.3) is 0 Å². The van der Waals surface area contributed by atoms with Crippen LogP contribution in [0, 0.1) is 18.3 Å². The lowest BCUT2D eigenvalue weighted by Gasteiger charge is -2.25. The van der Waals surface area contributed by atoms with Crippen LogP contribution in [0.3, 0.4) is 0 Å². The SMILES string of the molecule is Cc1ccc(CN(C)CC(C(=N)N)C(F)(F)F)cc1. The van der Waals surface area contributed by atoms with Crippen molar-refractivity contribution in [3.8, 4) is 0 Å². The van der Waals surface area contributed by atoms with Crippen molar-refractivity contribution in [3.63, 3.8) is 0 Å². The summed E-state index contributed by atoms with van der Waals surface area (Å²) < 4.78 is 38.0. The zero-order valence-electron chi connectivity index (χ0n) is 11.0. The molecule has 3 N–H and O–H groups in total. The second-order valence-electron chi connectivity index (χ2n) is 4.73. The summed E-state index contributed by atoms with van der Waals surface area (Å²) in [4.78, 5) is 1.52. The Morgan fingerprint density at radius 3 is 2.26 bits per heavy atom. The normalized spacial score (nSPS) is 13.6. The van der Waals surface area contributed by atoms with E-state index >= 15 is 0 Å². The van der Waals surface area contributed by atoms with Gasteiger partial charge in [-0.25, -0.2) is 0 Å². The van der Waals surface area contributed by atoms with Crippen molar-refractivity contribution in [1.82, 2.24) is 4.90 Å². The summed E-state index contributed by atoms with van der Waals surface area (Å²) in [5.41, 5.74) is 7.05. The minimum absolute atomic E-state index is 0.313. The number of nitrogens with two attached hydrogens (primary N) is 1. The Kier molecular flexibility index (Phi) is 4.94. The Hall–Kier alpha value is -1.56. The first-order chi connectivity index (χ1) is 8.70. The fraction of sp³-hybridized carbons (Fsp3) is 0.462. The van der Waals surface area contributed by atoms with E-state index in [1.807, 2.05) is 31.2 Å². The highest BCUT2D eigenvalue weighted by atomic mass is 19.4. The fourth-order valence-electron chi connectivity index (χ4n) is 1.76. The van der Waals surface area contributed by atoms with Crippen LogP contribution in [-0.2, 0) is 6.54 Å². The second-order valence-corrected chi connectivity index (χ2v) is 4.73. The lowest BCUT2D eigenvalue weighted by atomic mass is 10.1. The molecule has 19 heavy (non-hydrogen) atoms. The Morgan fingerprint density at radius 1 is 1.32 bits per heavy atom. The van der Waals surface area contributed by atoms with Gasteiger partial charge >= 0.3 is 6.18 Å². The molecule has 106 valence electrons. The van der Waals surface area contributed by atoms with Gasteiger partial charge in [0, 0.05) is 13.1 Å². The van der Waals surface area contributed by atoms with Gasteiger partial charge in [0.05, 0.1) is 0 Å². The van der Waals surface area contributed by atoms with Crippen molar-refractivity contribution in [2.45, 2.75) is 19.6 Å². The molecule has 3 nitrogen and oxygen atoms in total. The van der Waals surface area contributed by atoms with Gasteiger partial charge in [-0.1, -0.05) is 29.8 Å². The van der Waals surface area contributed by atoms with E-state index in [4.69, 9.17) is 11.1 Å². The molecule has 0 aliphatic heterocycles. The standard InChI is InChI=1S/C13H18F3N3/c1-9-3-5-10(6-4-9)7-19(2)8-11(12(17)18)13(14,15)16/h3-6,11H,7-8H2,1-2H3,(H3,17,18). The molecule has 1 aromatic rings. The van der Waals surface area contributed by atoms with E-state index in [9.17, 15) is 13.2 Å². The van der Waals surface area contributed by atoms with Gasteiger partial charge in [-0.2, -0.15) is 13.2 Å². The first-order valence-corrected chi connectivity index (χ1v) is 5.85. The van der Waals surface area contributed by atoms with Crippen LogP contribution in [0.2, 0.25) is 0 Å². The molecule has 0 spiro atoms. The van der Waals surface area contributed by atoms with Gasteiger partial charge in [-0.15, -0.1) is 0 Å². The third-order valence-electron chi connectivity index (χ3n) is 2.84. The topological polar surface area (TPSA) is 53.1 Å².